The lowest BCUT2D eigenvalue weighted by atomic mass is 9.98. The van der Waals surface area contributed by atoms with E-state index >= 15 is 0 Å². The molecule has 1 heterocycles. The van der Waals surface area contributed by atoms with Crippen LogP contribution in [0.5, 0.6) is 0 Å². The van der Waals surface area contributed by atoms with E-state index in [-0.39, 0.29) is 0 Å². The van der Waals surface area contributed by atoms with Crippen molar-refractivity contribution >= 4 is 5.91 Å². The summed E-state index contributed by atoms with van der Waals surface area (Å²) in [6, 6.07) is 0.515. The van der Waals surface area contributed by atoms with Gasteiger partial charge in [0.15, 0.2) is 0 Å². The first-order valence-corrected chi connectivity index (χ1v) is 8.63. The highest BCUT2D eigenvalue weighted by atomic mass is 16.2. The average molecular weight is 278 g/mol. The number of carbonyl (C=O) groups is 1. The summed E-state index contributed by atoms with van der Waals surface area (Å²) in [5, 5.41) is 0. The summed E-state index contributed by atoms with van der Waals surface area (Å²) in [6.07, 6.45) is 10.2. The Balaban J connectivity index is 1.59. The van der Waals surface area contributed by atoms with E-state index in [9.17, 15) is 4.79 Å². The summed E-state index contributed by atoms with van der Waals surface area (Å²) >= 11 is 0. The molecule has 0 aromatic rings. The molecule has 0 aromatic carbocycles. The van der Waals surface area contributed by atoms with Gasteiger partial charge in [-0.2, -0.15) is 0 Å². The summed E-state index contributed by atoms with van der Waals surface area (Å²) in [6.45, 7) is 2.12. The van der Waals surface area contributed by atoms with E-state index < -0.39 is 0 Å². The molecule has 0 spiro atoms. The van der Waals surface area contributed by atoms with Crippen LogP contribution in [0.4, 0.5) is 0 Å². The Morgan fingerprint density at radius 2 is 1.70 bits per heavy atom. The molecule has 4 atom stereocenters. The Morgan fingerprint density at radius 1 is 1.05 bits per heavy atom. The molecule has 20 heavy (non-hydrogen) atoms. The van der Waals surface area contributed by atoms with E-state index in [0.717, 1.165) is 31.3 Å². The molecule has 3 rings (SSSR count). The van der Waals surface area contributed by atoms with E-state index in [2.05, 4.69) is 23.9 Å². The fourth-order valence-electron chi connectivity index (χ4n) is 4.55. The average Bonchev–Trinajstić information content (AvgIpc) is 3.19. The number of piperidine rings is 1. The zero-order valence-electron chi connectivity index (χ0n) is 13.2. The summed E-state index contributed by atoms with van der Waals surface area (Å²) in [7, 11) is 4.26. The van der Waals surface area contributed by atoms with E-state index in [4.69, 9.17) is 0 Å². The zero-order chi connectivity index (χ0) is 14.1. The molecule has 3 heteroatoms. The van der Waals surface area contributed by atoms with Crippen LogP contribution in [0.25, 0.3) is 0 Å². The van der Waals surface area contributed by atoms with Crippen LogP contribution >= 0.6 is 0 Å². The van der Waals surface area contributed by atoms with Crippen molar-refractivity contribution in [3.8, 4) is 0 Å². The topological polar surface area (TPSA) is 23.6 Å². The first kappa shape index (κ1) is 14.4. The quantitative estimate of drug-likeness (QED) is 0.789. The van der Waals surface area contributed by atoms with Gasteiger partial charge < -0.3 is 9.80 Å². The molecule has 0 aromatic heterocycles. The fraction of sp³-hybridized carbons (Fsp3) is 0.941. The smallest absolute Gasteiger partial charge is 0.226 e. The normalized spacial score (nSPS) is 36.9. The predicted octanol–water partition coefficient (Wildman–Crippen LogP) is 2.76. The van der Waals surface area contributed by atoms with Gasteiger partial charge in [-0.3, -0.25) is 4.79 Å². The van der Waals surface area contributed by atoms with Crippen LogP contribution in [0.3, 0.4) is 0 Å². The van der Waals surface area contributed by atoms with Crippen molar-refractivity contribution in [1.29, 1.82) is 0 Å². The maximum atomic E-state index is 12.9. The Morgan fingerprint density at radius 3 is 2.35 bits per heavy atom. The highest BCUT2D eigenvalue weighted by Crippen LogP contribution is 2.56. The van der Waals surface area contributed by atoms with Crippen LogP contribution < -0.4 is 0 Å². The molecular weight excluding hydrogens is 248 g/mol. The van der Waals surface area contributed by atoms with Gasteiger partial charge >= 0.3 is 0 Å². The van der Waals surface area contributed by atoms with Gasteiger partial charge in [0.1, 0.15) is 0 Å². The Hall–Kier alpha value is -0.570. The van der Waals surface area contributed by atoms with Crippen LogP contribution in [0, 0.1) is 17.8 Å². The fourth-order valence-corrected chi connectivity index (χ4v) is 4.55. The minimum atomic E-state index is 0.414. The number of hydrogen-bond acceptors (Lipinski definition) is 2. The highest BCUT2D eigenvalue weighted by Gasteiger charge is 2.56. The Kier molecular flexibility index (Phi) is 4.34. The zero-order valence-corrected chi connectivity index (χ0v) is 13.2. The minimum Gasteiger partial charge on any atom is -0.339 e. The Labute approximate surface area is 123 Å². The lowest BCUT2D eigenvalue weighted by molar-refractivity contribution is -0.137. The summed E-state index contributed by atoms with van der Waals surface area (Å²) in [4.78, 5) is 17.4. The van der Waals surface area contributed by atoms with Gasteiger partial charge in [0.2, 0.25) is 5.91 Å². The molecule has 1 amide bonds. The molecule has 2 saturated carbocycles. The third kappa shape index (κ3) is 2.88. The van der Waals surface area contributed by atoms with Crippen molar-refractivity contribution in [3.05, 3.63) is 0 Å². The number of likely N-dealkylation sites (tertiary alicyclic amines) is 1. The van der Waals surface area contributed by atoms with Gasteiger partial charge in [-0.05, 0) is 71.0 Å². The molecule has 1 unspecified atom stereocenters. The molecule has 0 bridgehead atoms. The van der Waals surface area contributed by atoms with Crippen molar-refractivity contribution < 1.29 is 4.79 Å². The number of carbonyl (C=O) groups excluding carboxylic acids is 1. The molecule has 1 aliphatic heterocycles. The largest absolute Gasteiger partial charge is 0.339 e. The van der Waals surface area contributed by atoms with Crippen molar-refractivity contribution in [2.45, 2.75) is 57.4 Å². The standard InChI is InChI=1S/C17H30N2O/c1-18(2)12-10-13-7-5-6-11-19(13)17(20)16-14-8-3-4-9-15(14)16/h13-16H,3-12H2,1-2H3/t13-,14-,15+,16?/m1/s1. The van der Waals surface area contributed by atoms with Crippen LogP contribution in [0.15, 0.2) is 0 Å². The van der Waals surface area contributed by atoms with E-state index in [1.807, 2.05) is 0 Å². The van der Waals surface area contributed by atoms with Crippen LogP contribution in [-0.4, -0.2) is 48.9 Å². The van der Waals surface area contributed by atoms with Gasteiger partial charge in [-0.25, -0.2) is 0 Å². The molecule has 3 aliphatic rings. The summed E-state index contributed by atoms with van der Waals surface area (Å²) in [5.41, 5.74) is 0. The van der Waals surface area contributed by atoms with Crippen molar-refractivity contribution in [2.75, 3.05) is 27.2 Å². The van der Waals surface area contributed by atoms with Crippen LogP contribution in [0.2, 0.25) is 0 Å². The third-order valence-electron chi connectivity index (χ3n) is 5.76. The number of amides is 1. The van der Waals surface area contributed by atoms with Crippen molar-refractivity contribution in [2.24, 2.45) is 17.8 Å². The molecule has 0 N–H and O–H groups in total. The lowest BCUT2D eigenvalue weighted by Gasteiger charge is -2.37. The number of fused-ring (bicyclic) bond motifs is 1. The number of rotatable bonds is 4. The van der Waals surface area contributed by atoms with Gasteiger partial charge in [0.25, 0.3) is 0 Å². The lowest BCUT2D eigenvalue weighted by Crippen LogP contribution is -2.46. The predicted molar refractivity (Wildman–Crippen MR) is 81.5 cm³/mol. The molecular formula is C17H30N2O. The van der Waals surface area contributed by atoms with Crippen LogP contribution in [-0.2, 0) is 4.79 Å². The van der Waals surface area contributed by atoms with Gasteiger partial charge in [-0.1, -0.05) is 12.8 Å². The van der Waals surface area contributed by atoms with Gasteiger partial charge in [-0.15, -0.1) is 0 Å². The second kappa shape index (κ2) is 6.05. The van der Waals surface area contributed by atoms with Gasteiger partial charge in [0, 0.05) is 18.5 Å². The first-order chi connectivity index (χ1) is 9.68. The number of nitrogens with zero attached hydrogens (tertiary/aromatic N) is 2. The molecule has 3 nitrogen and oxygen atoms in total. The molecule has 1 saturated heterocycles. The number of hydrogen-bond donors (Lipinski definition) is 0. The van der Waals surface area contributed by atoms with Gasteiger partial charge in [0.05, 0.1) is 0 Å². The van der Waals surface area contributed by atoms with E-state index in [1.54, 1.807) is 0 Å². The van der Waals surface area contributed by atoms with E-state index in [1.165, 1.54) is 44.9 Å². The summed E-state index contributed by atoms with van der Waals surface area (Å²) < 4.78 is 0. The summed E-state index contributed by atoms with van der Waals surface area (Å²) in [5.74, 6) is 2.45. The van der Waals surface area contributed by atoms with E-state index in [0.29, 0.717) is 17.9 Å². The van der Waals surface area contributed by atoms with Crippen molar-refractivity contribution in [3.63, 3.8) is 0 Å². The highest BCUT2D eigenvalue weighted by molar-refractivity contribution is 5.82. The third-order valence-corrected chi connectivity index (χ3v) is 5.76. The maximum absolute atomic E-state index is 12.9. The Bertz CT molecular complexity index is 343. The first-order valence-electron chi connectivity index (χ1n) is 8.63. The van der Waals surface area contributed by atoms with Crippen LogP contribution in [0.1, 0.15) is 51.4 Å². The van der Waals surface area contributed by atoms with Crippen molar-refractivity contribution in [1.82, 2.24) is 9.80 Å². The second-order valence-corrected chi connectivity index (χ2v) is 7.41. The molecule has 3 fully saturated rings. The molecule has 0 radical (unpaired) electrons. The monoisotopic (exact) mass is 278 g/mol. The maximum Gasteiger partial charge on any atom is 0.226 e. The molecule has 114 valence electrons. The SMILES string of the molecule is CN(C)CC[C@H]1CCCCN1C(=O)C1[C@H]2CCCC[C@@H]12. The minimum absolute atomic E-state index is 0.414. The second-order valence-electron chi connectivity index (χ2n) is 7.41. The molecule has 2 aliphatic carbocycles.